The van der Waals surface area contributed by atoms with E-state index in [9.17, 15) is 4.79 Å². The molecule has 152 valence electrons. The quantitative estimate of drug-likeness (QED) is 0.797. The molecule has 0 unspecified atom stereocenters. The molecular formula is C19H28N6O3. The van der Waals surface area contributed by atoms with Crippen LogP contribution in [-0.2, 0) is 10.3 Å². The molecular weight excluding hydrogens is 360 g/mol. The fraction of sp³-hybridized carbons (Fsp3) is 0.737. The number of carbonyl (C=O) groups is 1. The van der Waals surface area contributed by atoms with Gasteiger partial charge < -0.3 is 14.1 Å². The van der Waals surface area contributed by atoms with E-state index >= 15 is 0 Å². The molecule has 2 aliphatic rings. The Balaban J connectivity index is 1.54. The third kappa shape index (κ3) is 3.80. The van der Waals surface area contributed by atoms with Gasteiger partial charge in [-0.3, -0.25) is 4.79 Å². The van der Waals surface area contributed by atoms with Crippen LogP contribution in [0.3, 0.4) is 0 Å². The molecule has 4 heterocycles. The van der Waals surface area contributed by atoms with E-state index in [1.807, 2.05) is 20.8 Å². The molecule has 0 N–H and O–H groups in total. The summed E-state index contributed by atoms with van der Waals surface area (Å²) in [6, 6.07) is -0.219. The lowest BCUT2D eigenvalue weighted by Crippen LogP contribution is -2.39. The van der Waals surface area contributed by atoms with Gasteiger partial charge in [-0.2, -0.15) is 0 Å². The Hall–Kier alpha value is -2.29. The second kappa shape index (κ2) is 7.62. The zero-order valence-corrected chi connectivity index (χ0v) is 16.8. The van der Waals surface area contributed by atoms with E-state index < -0.39 is 0 Å². The first kappa shape index (κ1) is 19.0. The Morgan fingerprint density at radius 1 is 1.11 bits per heavy atom. The van der Waals surface area contributed by atoms with Crippen molar-refractivity contribution in [1.82, 2.24) is 29.9 Å². The molecule has 1 amide bonds. The van der Waals surface area contributed by atoms with Crippen molar-refractivity contribution >= 4 is 5.91 Å². The lowest BCUT2D eigenvalue weighted by atomic mass is 10.0. The average molecular weight is 388 g/mol. The van der Waals surface area contributed by atoms with Crippen LogP contribution in [0.2, 0.25) is 0 Å². The maximum absolute atomic E-state index is 13.1. The molecule has 0 aromatic carbocycles. The van der Waals surface area contributed by atoms with Crippen LogP contribution >= 0.6 is 0 Å². The standard InChI is InChI=1S/C19H28N6O3/c1-19(2,3)25-12-20-15(23-25)18(26)24-9-5-4-6-14(24)17-22-21-16(28-17)13-7-10-27-11-8-13/h12-14H,4-11H2,1-3H3/t14-/m0/s1. The smallest absolute Gasteiger partial charge is 0.294 e. The summed E-state index contributed by atoms with van der Waals surface area (Å²) in [6.07, 6.45) is 6.17. The molecule has 9 nitrogen and oxygen atoms in total. The number of likely N-dealkylation sites (tertiary alicyclic amines) is 1. The average Bonchev–Trinajstić information content (AvgIpc) is 3.38. The maximum atomic E-state index is 13.1. The molecule has 0 aliphatic carbocycles. The Labute approximate surface area is 164 Å². The number of ether oxygens (including phenoxy) is 1. The molecule has 2 aromatic heterocycles. The molecule has 4 rings (SSSR count). The Morgan fingerprint density at radius 3 is 2.57 bits per heavy atom. The van der Waals surface area contributed by atoms with E-state index in [1.165, 1.54) is 0 Å². The van der Waals surface area contributed by atoms with Crippen molar-refractivity contribution in [3.05, 3.63) is 23.9 Å². The van der Waals surface area contributed by atoms with Crippen LogP contribution in [0.4, 0.5) is 0 Å². The van der Waals surface area contributed by atoms with Gasteiger partial charge in [0.05, 0.1) is 5.54 Å². The summed E-state index contributed by atoms with van der Waals surface area (Å²) in [4.78, 5) is 19.1. The van der Waals surface area contributed by atoms with Crippen LogP contribution in [0.1, 0.15) is 87.2 Å². The summed E-state index contributed by atoms with van der Waals surface area (Å²) in [5, 5.41) is 13.0. The van der Waals surface area contributed by atoms with Gasteiger partial charge in [-0.05, 0) is 52.9 Å². The van der Waals surface area contributed by atoms with Crippen molar-refractivity contribution < 1.29 is 13.9 Å². The van der Waals surface area contributed by atoms with Crippen molar-refractivity contribution in [3.63, 3.8) is 0 Å². The fourth-order valence-electron chi connectivity index (χ4n) is 3.73. The molecule has 2 fully saturated rings. The van der Waals surface area contributed by atoms with Crippen molar-refractivity contribution in [3.8, 4) is 0 Å². The van der Waals surface area contributed by atoms with E-state index in [0.29, 0.717) is 18.3 Å². The van der Waals surface area contributed by atoms with Gasteiger partial charge >= 0.3 is 0 Å². The molecule has 0 saturated carbocycles. The number of rotatable bonds is 3. The lowest BCUT2D eigenvalue weighted by molar-refractivity contribution is 0.0548. The molecule has 2 aliphatic heterocycles. The third-order valence-electron chi connectivity index (χ3n) is 5.45. The van der Waals surface area contributed by atoms with Crippen LogP contribution < -0.4 is 0 Å². The Kier molecular flexibility index (Phi) is 5.18. The summed E-state index contributed by atoms with van der Waals surface area (Å²) in [5.41, 5.74) is -0.224. The highest BCUT2D eigenvalue weighted by Crippen LogP contribution is 2.33. The minimum Gasteiger partial charge on any atom is -0.423 e. The lowest BCUT2D eigenvalue weighted by Gasteiger charge is -2.32. The number of hydrogen-bond donors (Lipinski definition) is 0. The predicted octanol–water partition coefficient (Wildman–Crippen LogP) is 2.68. The molecule has 2 aromatic rings. The van der Waals surface area contributed by atoms with E-state index in [1.54, 1.807) is 15.9 Å². The summed E-state index contributed by atoms with van der Waals surface area (Å²) >= 11 is 0. The summed E-state index contributed by atoms with van der Waals surface area (Å²) < 4.78 is 13.1. The highest BCUT2D eigenvalue weighted by molar-refractivity contribution is 5.90. The van der Waals surface area contributed by atoms with Crippen LogP contribution in [0.5, 0.6) is 0 Å². The van der Waals surface area contributed by atoms with Gasteiger partial charge in [-0.25, -0.2) is 9.67 Å². The van der Waals surface area contributed by atoms with E-state index in [0.717, 1.165) is 45.3 Å². The number of hydrogen-bond acceptors (Lipinski definition) is 7. The third-order valence-corrected chi connectivity index (χ3v) is 5.45. The number of carbonyl (C=O) groups excluding carboxylic acids is 1. The second-order valence-electron chi connectivity index (χ2n) is 8.56. The van der Waals surface area contributed by atoms with Crippen LogP contribution in [0.15, 0.2) is 10.7 Å². The zero-order chi connectivity index (χ0) is 19.7. The Bertz CT molecular complexity index is 818. The largest absolute Gasteiger partial charge is 0.423 e. The van der Waals surface area contributed by atoms with Crippen molar-refractivity contribution in [2.75, 3.05) is 19.8 Å². The summed E-state index contributed by atoms with van der Waals surface area (Å²) in [5.74, 6) is 1.45. The number of nitrogens with zero attached hydrogens (tertiary/aromatic N) is 6. The molecule has 9 heteroatoms. The van der Waals surface area contributed by atoms with Gasteiger partial charge in [-0.1, -0.05) is 0 Å². The van der Waals surface area contributed by atoms with Gasteiger partial charge in [0.1, 0.15) is 12.4 Å². The second-order valence-corrected chi connectivity index (χ2v) is 8.56. The van der Waals surface area contributed by atoms with Crippen LogP contribution in [-0.4, -0.2) is 55.5 Å². The monoisotopic (exact) mass is 388 g/mol. The molecule has 0 radical (unpaired) electrons. The molecule has 2 saturated heterocycles. The topological polar surface area (TPSA) is 99.2 Å². The predicted molar refractivity (Wildman–Crippen MR) is 99.7 cm³/mol. The Morgan fingerprint density at radius 2 is 1.86 bits per heavy atom. The number of amides is 1. The molecule has 1 atom stereocenters. The normalized spacial score (nSPS) is 21.8. The van der Waals surface area contributed by atoms with E-state index in [-0.39, 0.29) is 29.2 Å². The highest BCUT2D eigenvalue weighted by atomic mass is 16.5. The number of piperidine rings is 1. The first-order chi connectivity index (χ1) is 13.4. The molecule has 0 spiro atoms. The van der Waals surface area contributed by atoms with Gasteiger partial charge in [0.25, 0.3) is 5.91 Å². The summed E-state index contributed by atoms with van der Waals surface area (Å²) in [6.45, 7) is 8.15. The SMILES string of the molecule is CC(C)(C)n1cnc(C(=O)N2CCCC[C@H]2c2nnc(C3CCOCC3)o2)n1. The highest BCUT2D eigenvalue weighted by Gasteiger charge is 2.35. The van der Waals surface area contributed by atoms with E-state index in [2.05, 4.69) is 20.3 Å². The first-order valence-corrected chi connectivity index (χ1v) is 10.1. The maximum Gasteiger partial charge on any atom is 0.294 e. The number of aromatic nitrogens is 5. The van der Waals surface area contributed by atoms with Gasteiger partial charge in [-0.15, -0.1) is 15.3 Å². The van der Waals surface area contributed by atoms with Crippen molar-refractivity contribution in [1.29, 1.82) is 0 Å². The molecule has 28 heavy (non-hydrogen) atoms. The molecule has 0 bridgehead atoms. The zero-order valence-electron chi connectivity index (χ0n) is 16.8. The van der Waals surface area contributed by atoms with E-state index in [4.69, 9.17) is 9.15 Å². The minimum atomic E-state index is -0.224. The van der Waals surface area contributed by atoms with Crippen molar-refractivity contribution in [2.24, 2.45) is 0 Å². The first-order valence-electron chi connectivity index (χ1n) is 10.1. The van der Waals surface area contributed by atoms with Crippen LogP contribution in [0, 0.1) is 0 Å². The van der Waals surface area contributed by atoms with Crippen LogP contribution in [0.25, 0.3) is 0 Å². The van der Waals surface area contributed by atoms with Crippen molar-refractivity contribution in [2.45, 2.75) is 70.4 Å². The fourth-order valence-corrected chi connectivity index (χ4v) is 3.73. The van der Waals surface area contributed by atoms with Gasteiger partial charge in [0, 0.05) is 25.7 Å². The summed E-state index contributed by atoms with van der Waals surface area (Å²) in [7, 11) is 0. The van der Waals surface area contributed by atoms with Gasteiger partial charge in [0.15, 0.2) is 0 Å². The minimum absolute atomic E-state index is 0.182. The van der Waals surface area contributed by atoms with Gasteiger partial charge in [0.2, 0.25) is 17.6 Å².